The van der Waals surface area contributed by atoms with Gasteiger partial charge in [0, 0.05) is 5.56 Å². The van der Waals surface area contributed by atoms with Gasteiger partial charge in [-0.2, -0.15) is 0 Å². The topological polar surface area (TPSA) is 17.1 Å². The number of benzene rings is 1. The summed E-state index contributed by atoms with van der Waals surface area (Å²) in [5, 5.41) is 0. The van der Waals surface area contributed by atoms with E-state index in [0.717, 1.165) is 10.5 Å². The zero-order valence-corrected chi connectivity index (χ0v) is 8.23. The van der Waals surface area contributed by atoms with Crippen molar-refractivity contribution in [3.63, 3.8) is 0 Å². The first-order chi connectivity index (χ1) is 5.55. The van der Waals surface area contributed by atoms with Crippen LogP contribution in [0.3, 0.4) is 0 Å². The third kappa shape index (κ3) is 1.83. The zero-order valence-electron chi connectivity index (χ0n) is 7.41. The quantitative estimate of drug-likeness (QED) is 0.640. The minimum Gasteiger partial charge on any atom is -0.100 e. The van der Waals surface area contributed by atoms with E-state index in [0.29, 0.717) is 0 Å². The summed E-state index contributed by atoms with van der Waals surface area (Å²) in [5.41, 5.74) is 0.965. The van der Waals surface area contributed by atoms with Gasteiger partial charge >= 0.3 is 0 Å². The molecule has 0 N–H and O–H groups in total. The first kappa shape index (κ1) is 9.20. The molecule has 64 valence electrons. The molecular weight excluding hydrogens is 168 g/mol. The maximum atomic E-state index is 11.7. The second-order valence-corrected chi connectivity index (χ2v) is 5.88. The van der Waals surface area contributed by atoms with E-state index in [2.05, 4.69) is 6.58 Å². The summed E-state index contributed by atoms with van der Waals surface area (Å²) in [6.07, 6.45) is 5.23. The fourth-order valence-electron chi connectivity index (χ4n) is 1.10. The molecule has 0 amide bonds. The second-order valence-electron chi connectivity index (χ2n) is 2.98. The van der Waals surface area contributed by atoms with Crippen molar-refractivity contribution in [3.8, 4) is 0 Å². The van der Waals surface area contributed by atoms with Crippen LogP contribution in [0.25, 0.3) is 6.08 Å². The maximum Gasteiger partial charge on any atom is 0.164 e. The number of hydrogen-bond donors (Lipinski definition) is 0. The lowest BCUT2D eigenvalue weighted by Crippen LogP contribution is -2.06. The lowest BCUT2D eigenvalue weighted by Gasteiger charge is -2.03. The predicted octanol–water partition coefficient (Wildman–Crippen LogP) is 2.45. The molecule has 0 saturated carbocycles. The predicted molar refractivity (Wildman–Crippen MR) is 54.7 cm³/mol. The van der Waals surface area contributed by atoms with Gasteiger partial charge in [0.05, 0.1) is 0 Å². The molecule has 0 saturated heterocycles. The molecule has 0 fully saturated rings. The largest absolute Gasteiger partial charge is 0.164 e. The number of hydrogen-bond acceptors (Lipinski definition) is 1. The van der Waals surface area contributed by atoms with Crippen molar-refractivity contribution >= 4 is 16.0 Å². The Morgan fingerprint density at radius 1 is 1.33 bits per heavy atom. The van der Waals surface area contributed by atoms with Crippen molar-refractivity contribution in [2.24, 2.45) is 0 Å². The van der Waals surface area contributed by atoms with E-state index >= 15 is 0 Å². The molecule has 1 rings (SSSR count). The smallest absolute Gasteiger partial charge is 0.100 e. The molecular formula is C10H13OS+. The summed E-state index contributed by atoms with van der Waals surface area (Å²) < 4.78 is 11.7. The van der Waals surface area contributed by atoms with Crippen molar-refractivity contribution in [1.82, 2.24) is 0 Å². The van der Waals surface area contributed by atoms with Gasteiger partial charge in [-0.1, -0.05) is 24.8 Å². The van der Waals surface area contributed by atoms with Crippen LogP contribution in [0.2, 0.25) is 0 Å². The standard InChI is InChI=1S/C10H13OS/c1-4-9-7-5-6-8-10(9)12(2,3)11/h4-8H,1H2,2-3H3/q+1. The highest BCUT2D eigenvalue weighted by atomic mass is 32.2. The Morgan fingerprint density at radius 3 is 2.33 bits per heavy atom. The molecule has 0 radical (unpaired) electrons. The molecule has 0 atom stereocenters. The van der Waals surface area contributed by atoms with Crippen LogP contribution in [0.4, 0.5) is 0 Å². The molecule has 0 spiro atoms. The molecule has 0 aliphatic heterocycles. The van der Waals surface area contributed by atoms with Gasteiger partial charge in [0.1, 0.15) is 22.4 Å². The highest BCUT2D eigenvalue weighted by Gasteiger charge is 2.19. The molecule has 0 heterocycles. The molecule has 0 aliphatic rings. The van der Waals surface area contributed by atoms with E-state index in [4.69, 9.17) is 0 Å². The van der Waals surface area contributed by atoms with Gasteiger partial charge in [-0.05, 0) is 12.1 Å². The van der Waals surface area contributed by atoms with Gasteiger partial charge in [-0.25, -0.2) is 0 Å². The van der Waals surface area contributed by atoms with Gasteiger partial charge < -0.3 is 0 Å². The summed E-state index contributed by atoms with van der Waals surface area (Å²) in [5.74, 6) is 0. The Bertz CT molecular complexity index is 335. The third-order valence-corrected chi connectivity index (χ3v) is 3.10. The average molecular weight is 181 g/mol. The fourth-order valence-corrected chi connectivity index (χ4v) is 2.22. The van der Waals surface area contributed by atoms with Crippen LogP contribution in [0.1, 0.15) is 5.56 Å². The molecule has 12 heavy (non-hydrogen) atoms. The Balaban J connectivity index is 3.33. The molecule has 0 aliphatic carbocycles. The minimum atomic E-state index is -1.87. The van der Waals surface area contributed by atoms with Crippen LogP contribution in [-0.4, -0.2) is 12.5 Å². The van der Waals surface area contributed by atoms with E-state index in [1.165, 1.54) is 0 Å². The van der Waals surface area contributed by atoms with Gasteiger partial charge in [-0.15, -0.1) is 4.21 Å². The van der Waals surface area contributed by atoms with Crippen molar-refractivity contribution in [3.05, 3.63) is 36.4 Å². The monoisotopic (exact) mass is 181 g/mol. The lowest BCUT2D eigenvalue weighted by atomic mass is 10.2. The summed E-state index contributed by atoms with van der Waals surface area (Å²) in [6, 6.07) is 7.63. The van der Waals surface area contributed by atoms with Crippen LogP contribution in [0, 0.1) is 0 Å². The second kappa shape index (κ2) is 3.23. The van der Waals surface area contributed by atoms with Crippen LogP contribution < -0.4 is 0 Å². The molecule has 2 heteroatoms. The molecule has 1 nitrogen and oxygen atoms in total. The summed E-state index contributed by atoms with van der Waals surface area (Å²) >= 11 is 0. The van der Waals surface area contributed by atoms with Crippen LogP contribution in [-0.2, 0) is 14.1 Å². The fraction of sp³-hybridized carbons (Fsp3) is 0.200. The molecule has 0 unspecified atom stereocenters. The maximum absolute atomic E-state index is 11.7. The highest BCUT2D eigenvalue weighted by molar-refractivity contribution is 8.01. The van der Waals surface area contributed by atoms with E-state index in [9.17, 15) is 4.21 Å². The summed E-state index contributed by atoms with van der Waals surface area (Å²) in [4.78, 5) is 0.889. The third-order valence-electron chi connectivity index (χ3n) is 1.67. The first-order valence-corrected chi connectivity index (χ1v) is 6.09. The summed E-state index contributed by atoms with van der Waals surface area (Å²) in [7, 11) is -1.87. The van der Waals surface area contributed by atoms with E-state index in [1.54, 1.807) is 18.6 Å². The van der Waals surface area contributed by atoms with Crippen molar-refractivity contribution in [2.75, 3.05) is 12.5 Å². The lowest BCUT2D eigenvalue weighted by molar-refractivity contribution is 0.591. The average Bonchev–Trinajstić information content (AvgIpc) is 2.03. The normalized spacial score (nSPS) is 11.2. The van der Waals surface area contributed by atoms with Crippen LogP contribution in [0.15, 0.2) is 35.7 Å². The Labute approximate surface area is 74.5 Å². The Morgan fingerprint density at radius 2 is 1.92 bits per heavy atom. The molecule has 0 bridgehead atoms. The van der Waals surface area contributed by atoms with Crippen molar-refractivity contribution < 1.29 is 4.21 Å². The highest BCUT2D eigenvalue weighted by Crippen LogP contribution is 2.19. The van der Waals surface area contributed by atoms with Crippen molar-refractivity contribution in [2.45, 2.75) is 4.90 Å². The Kier molecular flexibility index (Phi) is 2.48. The molecule has 1 aromatic rings. The first-order valence-electron chi connectivity index (χ1n) is 3.71. The van der Waals surface area contributed by atoms with E-state index in [-0.39, 0.29) is 0 Å². The van der Waals surface area contributed by atoms with E-state index < -0.39 is 9.93 Å². The van der Waals surface area contributed by atoms with Crippen LogP contribution in [0.5, 0.6) is 0 Å². The number of rotatable bonds is 2. The van der Waals surface area contributed by atoms with Gasteiger partial charge in [0.25, 0.3) is 0 Å². The molecule has 0 aromatic heterocycles. The zero-order chi connectivity index (χ0) is 9.19. The van der Waals surface area contributed by atoms with Gasteiger partial charge in [0.15, 0.2) is 4.90 Å². The van der Waals surface area contributed by atoms with E-state index in [1.807, 2.05) is 24.3 Å². The SMILES string of the molecule is C=Cc1ccccc1[S+](C)(C)=O. The van der Waals surface area contributed by atoms with Crippen LogP contribution >= 0.6 is 0 Å². The Hall–Kier alpha value is -0.890. The van der Waals surface area contributed by atoms with Gasteiger partial charge in [-0.3, -0.25) is 0 Å². The molecule has 1 aromatic carbocycles. The summed E-state index contributed by atoms with van der Waals surface area (Å²) in [6.45, 7) is 3.68. The minimum absolute atomic E-state index is 0.889. The van der Waals surface area contributed by atoms with Gasteiger partial charge in [0.2, 0.25) is 0 Å². The van der Waals surface area contributed by atoms with Crippen molar-refractivity contribution in [1.29, 1.82) is 0 Å².